The first-order valence-electron chi connectivity index (χ1n) is 10.5. The molecule has 0 saturated heterocycles. The van der Waals surface area contributed by atoms with Crippen molar-refractivity contribution in [2.75, 3.05) is 12.1 Å². The molecule has 2 N–H and O–H groups in total. The molecule has 0 radical (unpaired) electrons. The summed E-state index contributed by atoms with van der Waals surface area (Å²) in [6, 6.07) is 7.01. The molecule has 0 aliphatic heterocycles. The van der Waals surface area contributed by atoms with Crippen molar-refractivity contribution in [2.24, 2.45) is 0 Å². The van der Waals surface area contributed by atoms with Crippen LogP contribution in [0.15, 0.2) is 43.0 Å². The van der Waals surface area contributed by atoms with E-state index < -0.39 is 31.7 Å². The Morgan fingerprint density at radius 1 is 1.18 bits per heavy atom. The van der Waals surface area contributed by atoms with Crippen LogP contribution in [-0.2, 0) is 20.6 Å². The minimum absolute atomic E-state index is 0.275. The van der Waals surface area contributed by atoms with Gasteiger partial charge in [-0.05, 0) is 39.8 Å². The normalized spacial score (nSPS) is 15.5. The Morgan fingerprint density at radius 3 is 2.52 bits per heavy atom. The van der Waals surface area contributed by atoms with Crippen LogP contribution in [-0.4, -0.2) is 54.7 Å². The number of rotatable bonds is 11. The maximum absolute atomic E-state index is 14.1. The van der Waals surface area contributed by atoms with E-state index in [1.54, 1.807) is 62.0 Å². The molecular formula is C21H28N6O5P-. The van der Waals surface area contributed by atoms with Crippen LogP contribution in [0.5, 0.6) is 5.75 Å². The molecule has 3 atom stereocenters. The Kier molecular flexibility index (Phi) is 7.68. The van der Waals surface area contributed by atoms with Crippen LogP contribution in [0.4, 0.5) is 5.82 Å². The molecule has 11 nitrogen and oxygen atoms in total. The van der Waals surface area contributed by atoms with Gasteiger partial charge in [0.2, 0.25) is 0 Å². The number of para-hydroxylation sites is 1. The molecule has 3 aromatic rings. The van der Waals surface area contributed by atoms with E-state index >= 15 is 0 Å². The minimum atomic E-state index is -3.80. The number of carbonyl (C=O) groups is 1. The van der Waals surface area contributed by atoms with Crippen molar-refractivity contribution in [1.29, 1.82) is 0 Å². The fourth-order valence-electron chi connectivity index (χ4n) is 3.54. The molecule has 3 rings (SSSR count). The average molecular weight is 475 g/mol. The number of carboxylic acid groups (broad SMARTS) is 1. The number of anilines is 1. The molecule has 0 saturated carbocycles. The number of benzene rings is 1. The number of fused-ring (bicyclic) bond motifs is 1. The third-order valence-corrected chi connectivity index (χ3v) is 7.50. The Morgan fingerprint density at radius 2 is 1.88 bits per heavy atom. The molecule has 0 amide bonds. The number of imidazole rings is 1. The highest BCUT2D eigenvalue weighted by molar-refractivity contribution is 7.56. The number of ether oxygens (including phenoxy) is 1. The summed E-state index contributed by atoms with van der Waals surface area (Å²) in [6.45, 7) is 7.04. The number of nitrogen functional groups attached to an aromatic ring is 1. The number of aliphatic carboxylic acids is 1. The van der Waals surface area contributed by atoms with Crippen molar-refractivity contribution >= 4 is 30.5 Å². The molecule has 2 aromatic heterocycles. The lowest BCUT2D eigenvalue weighted by atomic mass is 10.3. The van der Waals surface area contributed by atoms with Gasteiger partial charge in [-0.1, -0.05) is 18.2 Å². The van der Waals surface area contributed by atoms with Gasteiger partial charge in [-0.2, -0.15) is 0 Å². The zero-order valence-corrected chi connectivity index (χ0v) is 19.9. The number of carboxylic acids is 1. The van der Waals surface area contributed by atoms with E-state index in [0.717, 1.165) is 0 Å². The van der Waals surface area contributed by atoms with Crippen molar-refractivity contribution < 1.29 is 23.7 Å². The fraction of sp³-hybridized carbons (Fsp3) is 0.429. The van der Waals surface area contributed by atoms with Gasteiger partial charge in [-0.25, -0.2) is 19.6 Å². The first kappa shape index (κ1) is 24.6. The molecule has 12 heteroatoms. The lowest BCUT2D eigenvalue weighted by Gasteiger charge is -2.38. The molecule has 178 valence electrons. The number of aromatic nitrogens is 4. The number of hydrogen-bond acceptors (Lipinski definition) is 9. The van der Waals surface area contributed by atoms with Gasteiger partial charge in [0, 0.05) is 6.04 Å². The van der Waals surface area contributed by atoms with Crippen molar-refractivity contribution in [2.45, 2.75) is 52.4 Å². The van der Waals surface area contributed by atoms with E-state index in [0.29, 0.717) is 23.5 Å². The van der Waals surface area contributed by atoms with Crippen LogP contribution in [0.2, 0.25) is 0 Å². The standard InChI is InChI=1S/C21H29N6O5P/c1-14(2)27(16(4)21(28)29)33(30,32-17-8-6-5-7-9-17)13-31-15(3)10-26-12-25-18-19(22)23-11-24-20(18)26/h5-9,11-12,14-16H,10,13H2,1-4H3,(H,28,29)(H2,22,23,24)/p-1/t15-,16+,33-/m1/s1. The lowest BCUT2D eigenvalue weighted by molar-refractivity contribution is -0.310. The number of nitrogens with two attached hydrogens (primary N) is 1. The minimum Gasteiger partial charge on any atom is -0.548 e. The zero-order chi connectivity index (χ0) is 24.2. The highest BCUT2D eigenvalue weighted by atomic mass is 31.2. The van der Waals surface area contributed by atoms with Crippen LogP contribution in [0, 0.1) is 0 Å². The van der Waals surface area contributed by atoms with Crippen molar-refractivity contribution in [3.63, 3.8) is 0 Å². The summed E-state index contributed by atoms with van der Waals surface area (Å²) in [5.74, 6) is -0.728. The Hall–Kier alpha value is -3.01. The number of nitrogens with zero attached hydrogens (tertiary/aromatic N) is 5. The van der Waals surface area contributed by atoms with Gasteiger partial charge in [-0.15, -0.1) is 0 Å². The maximum Gasteiger partial charge on any atom is 0.345 e. The second-order valence-electron chi connectivity index (χ2n) is 7.95. The van der Waals surface area contributed by atoms with E-state index in [9.17, 15) is 14.5 Å². The Bertz CT molecular complexity index is 1140. The molecule has 0 spiro atoms. The highest BCUT2D eigenvalue weighted by Crippen LogP contribution is 2.53. The summed E-state index contributed by atoms with van der Waals surface area (Å²) in [5, 5.41) is 11.6. The summed E-state index contributed by atoms with van der Waals surface area (Å²) < 4.78 is 28.9. The predicted octanol–water partition coefficient (Wildman–Crippen LogP) is 1.89. The van der Waals surface area contributed by atoms with Gasteiger partial charge in [-0.3, -0.25) is 4.57 Å². The van der Waals surface area contributed by atoms with Gasteiger partial charge >= 0.3 is 7.52 Å². The van der Waals surface area contributed by atoms with Gasteiger partial charge in [0.25, 0.3) is 0 Å². The summed E-state index contributed by atoms with van der Waals surface area (Å²) in [5.41, 5.74) is 6.87. The van der Waals surface area contributed by atoms with E-state index in [2.05, 4.69) is 15.0 Å². The van der Waals surface area contributed by atoms with E-state index in [1.165, 1.54) is 17.9 Å². The second-order valence-corrected chi connectivity index (χ2v) is 10.1. The molecule has 0 unspecified atom stereocenters. The number of carbonyl (C=O) groups excluding carboxylic acids is 1. The largest absolute Gasteiger partial charge is 0.548 e. The second kappa shape index (κ2) is 10.3. The summed E-state index contributed by atoms with van der Waals surface area (Å²) >= 11 is 0. The van der Waals surface area contributed by atoms with Crippen molar-refractivity contribution in [3.8, 4) is 5.75 Å². The lowest BCUT2D eigenvalue weighted by Crippen LogP contribution is -2.48. The van der Waals surface area contributed by atoms with Gasteiger partial charge < -0.3 is 29.5 Å². The fourth-order valence-corrected chi connectivity index (χ4v) is 6.04. The molecule has 0 bridgehead atoms. The first-order chi connectivity index (χ1) is 15.6. The summed E-state index contributed by atoms with van der Waals surface area (Å²) in [6.07, 6.45) is 2.17. The predicted molar refractivity (Wildman–Crippen MR) is 121 cm³/mol. The molecule has 0 fully saturated rings. The molecule has 33 heavy (non-hydrogen) atoms. The third kappa shape index (κ3) is 5.68. The molecular weight excluding hydrogens is 447 g/mol. The van der Waals surface area contributed by atoms with Crippen LogP contribution in [0.1, 0.15) is 27.7 Å². The quantitative estimate of drug-likeness (QED) is 0.407. The van der Waals surface area contributed by atoms with E-state index in [-0.39, 0.29) is 12.2 Å². The molecule has 0 aliphatic rings. The van der Waals surface area contributed by atoms with Gasteiger partial charge in [0.05, 0.1) is 31.0 Å². The van der Waals surface area contributed by atoms with Crippen LogP contribution < -0.4 is 15.4 Å². The van der Waals surface area contributed by atoms with E-state index in [1.807, 2.05) is 0 Å². The first-order valence-corrected chi connectivity index (χ1v) is 12.2. The maximum atomic E-state index is 14.1. The topological polar surface area (TPSA) is 149 Å². The Balaban J connectivity index is 1.82. The SMILES string of the molecule is CC(C)N([C@@H](C)C(=O)[O-])[P@@](=O)(CO[C@H](C)Cn1cnc2c(N)ncnc21)Oc1ccccc1. The smallest absolute Gasteiger partial charge is 0.345 e. The molecule has 0 aliphatic carbocycles. The third-order valence-electron chi connectivity index (χ3n) is 5.02. The van der Waals surface area contributed by atoms with Crippen molar-refractivity contribution in [3.05, 3.63) is 43.0 Å². The van der Waals surface area contributed by atoms with Crippen LogP contribution in [0.3, 0.4) is 0 Å². The van der Waals surface area contributed by atoms with Crippen molar-refractivity contribution in [1.82, 2.24) is 24.2 Å². The van der Waals surface area contributed by atoms with Gasteiger partial charge in [0.15, 0.2) is 11.5 Å². The zero-order valence-electron chi connectivity index (χ0n) is 19.0. The number of hydrogen-bond donors (Lipinski definition) is 1. The Labute approximate surface area is 192 Å². The highest BCUT2D eigenvalue weighted by Gasteiger charge is 2.40. The monoisotopic (exact) mass is 475 g/mol. The summed E-state index contributed by atoms with van der Waals surface area (Å²) in [4.78, 5) is 24.0. The molecule has 2 heterocycles. The van der Waals surface area contributed by atoms with E-state index in [4.69, 9.17) is 15.0 Å². The van der Waals surface area contributed by atoms with Gasteiger partial charge in [0.1, 0.15) is 23.9 Å². The van der Waals surface area contributed by atoms with Crippen LogP contribution >= 0.6 is 7.52 Å². The average Bonchev–Trinajstić information content (AvgIpc) is 3.17. The van der Waals surface area contributed by atoms with Crippen LogP contribution in [0.25, 0.3) is 11.2 Å². The summed E-state index contributed by atoms with van der Waals surface area (Å²) in [7, 11) is -3.80. The molecule has 1 aromatic carbocycles.